The Balaban J connectivity index is 1.39. The third-order valence-electron chi connectivity index (χ3n) is 16.6. The molecule has 6 rings (SSSR count). The molecule has 0 aromatic heterocycles. The first-order valence-corrected chi connectivity index (χ1v) is 21.0. The molecule has 0 aromatic rings. The summed E-state index contributed by atoms with van der Waals surface area (Å²) in [5.74, 6) is -0.781. The molecule has 4 saturated carbocycles. The monoisotopic (exact) mass is 800 g/mol. The molecule has 2 saturated heterocycles. The summed E-state index contributed by atoms with van der Waals surface area (Å²) in [6, 6.07) is 0. The van der Waals surface area contributed by atoms with Crippen LogP contribution in [0.5, 0.6) is 0 Å². The van der Waals surface area contributed by atoms with Crippen molar-refractivity contribution in [3.05, 3.63) is 11.6 Å². The maximum atomic E-state index is 12.6. The average Bonchev–Trinajstić information content (AvgIpc) is 3.52. The van der Waals surface area contributed by atoms with E-state index in [0.717, 1.165) is 12.0 Å². The lowest BCUT2D eigenvalue weighted by Crippen LogP contribution is -2.71. The zero-order chi connectivity index (χ0) is 41.5. The number of allylic oxidation sites excluding steroid dienone is 2. The zero-order valence-electron chi connectivity index (χ0n) is 34.6. The highest BCUT2D eigenvalue weighted by atomic mass is 16.7. The van der Waals surface area contributed by atoms with Crippen molar-refractivity contribution in [1.82, 2.24) is 0 Å². The predicted octanol–water partition coefficient (Wildman–Crippen LogP) is 1.12. The van der Waals surface area contributed by atoms with Crippen molar-refractivity contribution in [2.45, 2.75) is 192 Å². The van der Waals surface area contributed by atoms with Crippen LogP contribution in [-0.4, -0.2) is 150 Å². The van der Waals surface area contributed by atoms with Crippen molar-refractivity contribution in [1.29, 1.82) is 0 Å². The summed E-state index contributed by atoms with van der Waals surface area (Å²) in [5.41, 5.74) is -1.92. The van der Waals surface area contributed by atoms with E-state index >= 15 is 0 Å². The van der Waals surface area contributed by atoms with Crippen molar-refractivity contribution >= 4 is 0 Å². The highest BCUT2D eigenvalue weighted by molar-refractivity contribution is 5.22. The molecular formula is C42H72O14. The molecule has 10 N–H and O–H groups in total. The van der Waals surface area contributed by atoms with Gasteiger partial charge in [-0.15, -0.1) is 0 Å². The van der Waals surface area contributed by atoms with E-state index in [1.54, 1.807) is 0 Å². The Morgan fingerprint density at radius 2 is 1.32 bits per heavy atom. The molecule has 2 heterocycles. The summed E-state index contributed by atoms with van der Waals surface area (Å²) in [5, 5.41) is 109. The van der Waals surface area contributed by atoms with Crippen molar-refractivity contribution < 1.29 is 70.0 Å². The van der Waals surface area contributed by atoms with E-state index < -0.39 is 120 Å². The Kier molecular flexibility index (Phi) is 12.7. The van der Waals surface area contributed by atoms with Crippen LogP contribution in [0.3, 0.4) is 0 Å². The molecule has 0 amide bonds. The van der Waals surface area contributed by atoms with Gasteiger partial charge >= 0.3 is 0 Å². The number of fused-ring (bicyclic) bond motifs is 5. The fourth-order valence-corrected chi connectivity index (χ4v) is 13.5. The molecule has 6 fully saturated rings. The standard InChI is InChI=1S/C42H72O14/c1-20(2)10-9-13-42(8,56-37-34(52)32(50)30(48)25(19-44)55-37)21-11-15-40(6)28(21)22(45)16-26-39(5)14-12-27(46)38(3,4)35(39)23(17-41(26,40)7)53-36-33(51)31(49)29(47)24(18-43)54-36/h10,21-37,43-52H,9,11-19H2,1-8H3/t21?,22?,23?,24-,25-,26?,27?,28?,29-,30-,31+,32+,33-,34-,35?,36-,37+,39+,40+,41+,42-/m0/s1. The molecule has 0 aromatic carbocycles. The number of ether oxygens (including phenoxy) is 4. The molecule has 324 valence electrons. The molecule has 14 nitrogen and oxygen atoms in total. The van der Waals surface area contributed by atoms with Crippen LogP contribution in [0.1, 0.15) is 107 Å². The Morgan fingerprint density at radius 1 is 0.750 bits per heavy atom. The van der Waals surface area contributed by atoms with E-state index in [0.29, 0.717) is 44.9 Å². The molecule has 2 aliphatic heterocycles. The van der Waals surface area contributed by atoms with Gasteiger partial charge in [0.15, 0.2) is 12.6 Å². The van der Waals surface area contributed by atoms with E-state index in [-0.39, 0.29) is 23.7 Å². The lowest BCUT2D eigenvalue weighted by Gasteiger charge is -2.72. The van der Waals surface area contributed by atoms with E-state index in [4.69, 9.17) is 18.9 Å². The Morgan fingerprint density at radius 3 is 1.89 bits per heavy atom. The van der Waals surface area contributed by atoms with E-state index in [9.17, 15) is 51.1 Å². The third-order valence-corrected chi connectivity index (χ3v) is 16.6. The second kappa shape index (κ2) is 15.9. The molecule has 0 radical (unpaired) electrons. The maximum Gasteiger partial charge on any atom is 0.187 e. The second-order valence-electron chi connectivity index (χ2n) is 20.2. The highest BCUT2D eigenvalue weighted by Crippen LogP contribution is 2.76. The van der Waals surface area contributed by atoms with Crippen LogP contribution < -0.4 is 0 Å². The van der Waals surface area contributed by atoms with Crippen LogP contribution in [0.15, 0.2) is 11.6 Å². The van der Waals surface area contributed by atoms with Gasteiger partial charge in [0, 0.05) is 0 Å². The maximum absolute atomic E-state index is 12.6. The Hall–Kier alpha value is -0.820. The minimum absolute atomic E-state index is 0.000258. The fourth-order valence-electron chi connectivity index (χ4n) is 13.5. The van der Waals surface area contributed by atoms with Gasteiger partial charge in [-0.1, -0.05) is 46.3 Å². The SMILES string of the molecule is CC(C)=CCC[C@](C)(O[C@H]1O[C@@H](CO)[C@H](O)[C@@H](O)[C@@H]1O)C1CC[C@]2(C)C1C(O)CC1[C@@]3(C)CCC(O)C(C)(C)C3C(O[C@H]3O[C@@H](CO)[C@H](O)[C@@H](O)[C@@H]3O)C[C@]12C. The summed E-state index contributed by atoms with van der Waals surface area (Å²) in [4.78, 5) is 0. The van der Waals surface area contributed by atoms with Crippen molar-refractivity contribution in [2.75, 3.05) is 13.2 Å². The van der Waals surface area contributed by atoms with Gasteiger partial charge in [0.1, 0.15) is 48.8 Å². The number of aliphatic hydroxyl groups is 10. The first-order valence-electron chi connectivity index (χ1n) is 21.0. The van der Waals surface area contributed by atoms with Gasteiger partial charge in [-0.25, -0.2) is 0 Å². The minimum atomic E-state index is -1.61. The molecule has 14 heteroatoms. The van der Waals surface area contributed by atoms with Crippen molar-refractivity contribution in [3.63, 3.8) is 0 Å². The smallest absolute Gasteiger partial charge is 0.187 e. The molecule has 21 atom stereocenters. The van der Waals surface area contributed by atoms with Crippen molar-refractivity contribution in [2.24, 2.45) is 45.3 Å². The average molecular weight is 801 g/mol. The van der Waals surface area contributed by atoms with Gasteiger partial charge < -0.3 is 70.0 Å². The van der Waals surface area contributed by atoms with Crippen LogP contribution in [0.2, 0.25) is 0 Å². The summed E-state index contributed by atoms with van der Waals surface area (Å²) in [7, 11) is 0. The summed E-state index contributed by atoms with van der Waals surface area (Å²) in [6.45, 7) is 15.7. The van der Waals surface area contributed by atoms with Crippen LogP contribution in [0, 0.1) is 45.3 Å². The second-order valence-corrected chi connectivity index (χ2v) is 20.2. The fraction of sp³-hybridized carbons (Fsp3) is 0.952. The van der Waals surface area contributed by atoms with Gasteiger partial charge in [0.05, 0.1) is 37.1 Å². The lowest BCUT2D eigenvalue weighted by molar-refractivity contribution is -0.349. The van der Waals surface area contributed by atoms with Gasteiger partial charge in [0.2, 0.25) is 0 Å². The topological polar surface area (TPSA) is 239 Å². The Bertz CT molecular complexity index is 1400. The van der Waals surface area contributed by atoms with Gasteiger partial charge in [-0.3, -0.25) is 0 Å². The summed E-state index contributed by atoms with van der Waals surface area (Å²) >= 11 is 0. The molecule has 7 unspecified atom stereocenters. The van der Waals surface area contributed by atoms with Crippen LogP contribution in [0.25, 0.3) is 0 Å². The summed E-state index contributed by atoms with van der Waals surface area (Å²) < 4.78 is 25.4. The molecular weight excluding hydrogens is 728 g/mol. The van der Waals surface area contributed by atoms with E-state index in [2.05, 4.69) is 26.8 Å². The quantitative estimate of drug-likeness (QED) is 0.110. The van der Waals surface area contributed by atoms with Gasteiger partial charge in [-0.2, -0.15) is 0 Å². The summed E-state index contributed by atoms with van der Waals surface area (Å²) in [6.07, 6.45) is -9.52. The van der Waals surface area contributed by atoms with Crippen LogP contribution >= 0.6 is 0 Å². The molecule has 4 aliphatic carbocycles. The van der Waals surface area contributed by atoms with Crippen LogP contribution in [0.4, 0.5) is 0 Å². The number of hydrogen-bond acceptors (Lipinski definition) is 14. The number of hydrogen-bond donors (Lipinski definition) is 10. The van der Waals surface area contributed by atoms with Crippen LogP contribution in [-0.2, 0) is 18.9 Å². The molecule has 56 heavy (non-hydrogen) atoms. The predicted molar refractivity (Wildman–Crippen MR) is 202 cm³/mol. The zero-order valence-corrected chi connectivity index (χ0v) is 34.6. The Labute approximate surface area is 331 Å². The van der Waals surface area contributed by atoms with Gasteiger partial charge in [0.25, 0.3) is 0 Å². The first-order chi connectivity index (χ1) is 26.0. The van der Waals surface area contributed by atoms with Crippen molar-refractivity contribution in [3.8, 4) is 0 Å². The number of aliphatic hydroxyl groups excluding tert-OH is 10. The molecule has 0 bridgehead atoms. The number of rotatable bonds is 10. The van der Waals surface area contributed by atoms with E-state index in [1.165, 1.54) is 0 Å². The molecule has 6 aliphatic rings. The highest BCUT2D eigenvalue weighted by Gasteiger charge is 2.74. The first kappa shape index (κ1) is 44.7. The molecule has 0 spiro atoms. The van der Waals surface area contributed by atoms with E-state index in [1.807, 2.05) is 34.6 Å². The lowest BCUT2D eigenvalue weighted by atomic mass is 9.34. The third kappa shape index (κ3) is 7.06. The largest absolute Gasteiger partial charge is 0.394 e. The minimum Gasteiger partial charge on any atom is -0.394 e. The normalized spacial score (nSPS) is 52.6. The van der Waals surface area contributed by atoms with Gasteiger partial charge in [-0.05, 0) is 117 Å².